The third kappa shape index (κ3) is 5.87. The van der Waals surface area contributed by atoms with E-state index in [2.05, 4.69) is 10.1 Å². The summed E-state index contributed by atoms with van der Waals surface area (Å²) in [6.45, 7) is 3.35. The monoisotopic (exact) mass is 352 g/mol. The molecule has 7 nitrogen and oxygen atoms in total. The molecular formula is C12H15F3N4O3S. The Morgan fingerprint density at radius 1 is 1.52 bits per heavy atom. The lowest BCUT2D eigenvalue weighted by Gasteiger charge is -1.98. The number of halogens is 3. The third-order valence-electron chi connectivity index (χ3n) is 2.45. The Labute approximate surface area is 133 Å². The topological polar surface area (TPSA) is 103 Å². The minimum Gasteiger partial charge on any atom is -0.475 e. The van der Waals surface area contributed by atoms with Crippen LogP contribution >= 0.6 is 11.3 Å². The third-order valence-corrected chi connectivity index (χ3v) is 3.46. The Morgan fingerprint density at radius 2 is 2.13 bits per heavy atom. The van der Waals surface area contributed by atoms with Crippen LogP contribution in [0.2, 0.25) is 0 Å². The maximum absolute atomic E-state index is 10.6. The van der Waals surface area contributed by atoms with Crippen LogP contribution in [0.3, 0.4) is 0 Å². The maximum Gasteiger partial charge on any atom is 0.490 e. The summed E-state index contributed by atoms with van der Waals surface area (Å²) in [5, 5.41) is 12.2. The number of hydrogen-bond acceptors (Lipinski definition) is 6. The van der Waals surface area contributed by atoms with Crippen molar-refractivity contribution in [1.82, 2.24) is 14.8 Å². The molecule has 128 valence electrons. The van der Waals surface area contributed by atoms with Crippen LogP contribution in [0.25, 0.3) is 10.6 Å². The average Bonchev–Trinajstić information content (AvgIpc) is 3.02. The summed E-state index contributed by atoms with van der Waals surface area (Å²) in [5.41, 5.74) is 7.51. The number of thiazole rings is 1. The summed E-state index contributed by atoms with van der Waals surface area (Å²) in [6, 6.07) is 1.97. The highest BCUT2D eigenvalue weighted by molar-refractivity contribution is 7.18. The molecule has 2 aromatic rings. The molecule has 0 fully saturated rings. The van der Waals surface area contributed by atoms with Crippen molar-refractivity contribution < 1.29 is 27.8 Å². The van der Waals surface area contributed by atoms with Gasteiger partial charge in [0.05, 0.1) is 23.7 Å². The molecule has 0 radical (unpaired) electrons. The van der Waals surface area contributed by atoms with E-state index in [0.717, 1.165) is 22.8 Å². The second-order valence-corrected chi connectivity index (χ2v) is 5.26. The Kier molecular flexibility index (Phi) is 6.51. The first-order valence-electron chi connectivity index (χ1n) is 6.21. The van der Waals surface area contributed by atoms with Gasteiger partial charge in [-0.1, -0.05) is 11.3 Å². The fourth-order valence-electron chi connectivity index (χ4n) is 1.45. The number of nitrogens with zero attached hydrogens (tertiary/aromatic N) is 3. The van der Waals surface area contributed by atoms with Crippen LogP contribution in [-0.2, 0) is 16.1 Å². The number of anilines is 1. The molecule has 2 rings (SSSR count). The normalized spacial score (nSPS) is 11.0. The van der Waals surface area contributed by atoms with E-state index < -0.39 is 12.1 Å². The first kappa shape index (κ1) is 18.9. The lowest BCUT2D eigenvalue weighted by molar-refractivity contribution is -0.192. The molecule has 0 bridgehead atoms. The van der Waals surface area contributed by atoms with Crippen molar-refractivity contribution in [1.29, 1.82) is 0 Å². The number of carboxylic acid groups (broad SMARTS) is 1. The van der Waals surface area contributed by atoms with Gasteiger partial charge >= 0.3 is 12.1 Å². The largest absolute Gasteiger partial charge is 0.490 e. The number of aliphatic carboxylic acids is 1. The van der Waals surface area contributed by atoms with Gasteiger partial charge in [0, 0.05) is 13.3 Å². The highest BCUT2D eigenvalue weighted by Crippen LogP contribution is 2.29. The van der Waals surface area contributed by atoms with Gasteiger partial charge in [0.15, 0.2) is 5.13 Å². The molecule has 0 aromatic carbocycles. The van der Waals surface area contributed by atoms with Crippen molar-refractivity contribution in [3.05, 3.63) is 18.0 Å². The number of carboxylic acids is 1. The molecule has 0 aliphatic carbocycles. The van der Waals surface area contributed by atoms with Gasteiger partial charge in [-0.3, -0.25) is 4.68 Å². The van der Waals surface area contributed by atoms with Crippen LogP contribution in [0.4, 0.5) is 18.3 Å². The molecule has 0 aliphatic heterocycles. The molecule has 0 aliphatic rings. The van der Waals surface area contributed by atoms with E-state index in [1.54, 1.807) is 7.11 Å². The molecule has 0 atom stereocenters. The van der Waals surface area contributed by atoms with Crippen molar-refractivity contribution in [2.75, 3.05) is 19.5 Å². The summed E-state index contributed by atoms with van der Waals surface area (Å²) in [4.78, 5) is 14.1. The van der Waals surface area contributed by atoms with Crippen molar-refractivity contribution >= 4 is 22.4 Å². The van der Waals surface area contributed by atoms with E-state index in [-0.39, 0.29) is 0 Å². The zero-order valence-corrected chi connectivity index (χ0v) is 13.1. The minimum absolute atomic E-state index is 0.582. The van der Waals surface area contributed by atoms with Gasteiger partial charge < -0.3 is 15.6 Å². The minimum atomic E-state index is -5.08. The van der Waals surface area contributed by atoms with Crippen LogP contribution in [0, 0.1) is 6.92 Å². The Balaban J connectivity index is 0.000000322. The van der Waals surface area contributed by atoms with Gasteiger partial charge in [-0.05, 0) is 13.0 Å². The predicted molar refractivity (Wildman–Crippen MR) is 78.1 cm³/mol. The standard InChI is InChI=1S/C10H14N4OS.C2HF3O2/c1-7-9(16-10(11)12-7)8-3-4-14(13-8)5-6-15-2;3-2(4,5)1(6)7/h3-4H,5-6H2,1-2H3,(H2,11,12);(H,6,7). The van der Waals surface area contributed by atoms with E-state index in [1.807, 2.05) is 23.9 Å². The van der Waals surface area contributed by atoms with Gasteiger partial charge in [0.2, 0.25) is 0 Å². The number of nitrogen functional groups attached to an aromatic ring is 1. The zero-order valence-electron chi connectivity index (χ0n) is 12.3. The number of nitrogens with two attached hydrogens (primary N) is 1. The second kappa shape index (κ2) is 7.92. The van der Waals surface area contributed by atoms with Gasteiger partial charge in [0.25, 0.3) is 0 Å². The number of aryl methyl sites for hydroxylation is 1. The predicted octanol–water partition coefficient (Wildman–Crippen LogP) is 2.18. The van der Waals surface area contributed by atoms with Crippen LogP contribution in [0.1, 0.15) is 5.69 Å². The molecule has 0 saturated carbocycles. The lowest BCUT2D eigenvalue weighted by atomic mass is 10.3. The Morgan fingerprint density at radius 3 is 2.57 bits per heavy atom. The van der Waals surface area contributed by atoms with Gasteiger partial charge in [-0.25, -0.2) is 9.78 Å². The lowest BCUT2D eigenvalue weighted by Crippen LogP contribution is -2.21. The molecule has 11 heteroatoms. The highest BCUT2D eigenvalue weighted by Gasteiger charge is 2.38. The van der Waals surface area contributed by atoms with Crippen LogP contribution in [0.5, 0.6) is 0 Å². The first-order chi connectivity index (χ1) is 10.6. The number of alkyl halides is 3. The molecule has 0 saturated heterocycles. The molecule has 0 spiro atoms. The first-order valence-corrected chi connectivity index (χ1v) is 7.02. The number of carbonyl (C=O) groups is 1. The Bertz CT molecular complexity index is 654. The number of hydrogen-bond donors (Lipinski definition) is 2. The van der Waals surface area contributed by atoms with Crippen LogP contribution in [-0.4, -0.2) is 45.7 Å². The number of ether oxygens (including phenoxy) is 1. The summed E-state index contributed by atoms with van der Waals surface area (Å²) in [7, 11) is 1.68. The summed E-state index contributed by atoms with van der Waals surface area (Å²) < 4.78 is 38.6. The number of methoxy groups -OCH3 is 1. The van der Waals surface area contributed by atoms with Gasteiger partial charge in [-0.15, -0.1) is 0 Å². The molecule has 23 heavy (non-hydrogen) atoms. The molecule has 0 unspecified atom stereocenters. The van der Waals surface area contributed by atoms with Crippen molar-refractivity contribution in [2.24, 2.45) is 0 Å². The van der Waals surface area contributed by atoms with Crippen LogP contribution < -0.4 is 5.73 Å². The Hall–Kier alpha value is -2.14. The summed E-state index contributed by atoms with van der Waals surface area (Å²) >= 11 is 1.46. The fraction of sp³-hybridized carbons (Fsp3) is 0.417. The van der Waals surface area contributed by atoms with E-state index in [1.165, 1.54) is 11.3 Å². The van der Waals surface area contributed by atoms with Gasteiger partial charge in [0.1, 0.15) is 5.69 Å². The van der Waals surface area contributed by atoms with E-state index in [0.29, 0.717) is 11.7 Å². The molecule has 0 amide bonds. The highest BCUT2D eigenvalue weighted by atomic mass is 32.1. The molecule has 3 N–H and O–H groups in total. The molecular weight excluding hydrogens is 337 g/mol. The number of rotatable bonds is 4. The van der Waals surface area contributed by atoms with Crippen molar-refractivity contribution in [2.45, 2.75) is 19.6 Å². The summed E-state index contributed by atoms with van der Waals surface area (Å²) in [6.07, 6.45) is -3.15. The zero-order chi connectivity index (χ0) is 17.6. The second-order valence-electron chi connectivity index (χ2n) is 4.23. The van der Waals surface area contributed by atoms with E-state index in [4.69, 9.17) is 20.4 Å². The quantitative estimate of drug-likeness (QED) is 0.874. The van der Waals surface area contributed by atoms with Crippen LogP contribution in [0.15, 0.2) is 12.3 Å². The fourth-order valence-corrected chi connectivity index (χ4v) is 2.25. The average molecular weight is 352 g/mol. The smallest absolute Gasteiger partial charge is 0.475 e. The number of aromatic nitrogens is 3. The van der Waals surface area contributed by atoms with E-state index in [9.17, 15) is 13.2 Å². The van der Waals surface area contributed by atoms with E-state index >= 15 is 0 Å². The van der Waals surface area contributed by atoms with Gasteiger partial charge in [-0.2, -0.15) is 18.3 Å². The molecule has 2 aromatic heterocycles. The maximum atomic E-state index is 10.6. The summed E-state index contributed by atoms with van der Waals surface area (Å²) in [5.74, 6) is -2.76. The van der Waals surface area contributed by atoms with Crippen molar-refractivity contribution in [3.8, 4) is 10.6 Å². The SMILES string of the molecule is COCCn1ccc(-c2sc(N)nc2C)n1.O=C(O)C(F)(F)F. The van der Waals surface area contributed by atoms with Crippen molar-refractivity contribution in [3.63, 3.8) is 0 Å². The molecule has 2 heterocycles.